The highest BCUT2D eigenvalue weighted by atomic mass is 16.5. The van der Waals surface area contributed by atoms with Crippen molar-refractivity contribution in [2.45, 2.75) is 18.9 Å². The number of aliphatic hydroxyl groups is 1. The largest absolute Gasteiger partial charge is 0.490 e. The number of hydrogen-bond acceptors (Lipinski definition) is 2. The summed E-state index contributed by atoms with van der Waals surface area (Å²) >= 11 is 0. The summed E-state index contributed by atoms with van der Waals surface area (Å²) in [7, 11) is 0. The highest BCUT2D eigenvalue weighted by Crippen LogP contribution is 2.33. The maximum atomic E-state index is 9.59. The number of hydrogen-bond donors (Lipinski definition) is 1. The van der Waals surface area contributed by atoms with Gasteiger partial charge in [-0.2, -0.15) is 0 Å². The first-order chi connectivity index (χ1) is 6.81. The van der Waals surface area contributed by atoms with E-state index >= 15 is 0 Å². The third-order valence-corrected chi connectivity index (χ3v) is 2.53. The van der Waals surface area contributed by atoms with Gasteiger partial charge in [0.2, 0.25) is 0 Å². The molecule has 2 rings (SSSR count). The predicted molar refractivity (Wildman–Crippen MR) is 55.4 cm³/mol. The predicted octanol–water partition coefficient (Wildman–Crippen LogP) is 2.23. The molecule has 0 radical (unpaired) electrons. The molecule has 14 heavy (non-hydrogen) atoms. The number of fused-ring (bicyclic) bond motifs is 1. The third-order valence-electron chi connectivity index (χ3n) is 2.53. The Morgan fingerprint density at radius 2 is 2.43 bits per heavy atom. The Hall–Kier alpha value is -1.28. The van der Waals surface area contributed by atoms with Gasteiger partial charge in [0.1, 0.15) is 12.4 Å². The summed E-state index contributed by atoms with van der Waals surface area (Å²) in [6.07, 6.45) is 3.22. The first-order valence-corrected chi connectivity index (χ1v) is 4.86. The van der Waals surface area contributed by atoms with Gasteiger partial charge < -0.3 is 9.84 Å². The molecule has 0 fully saturated rings. The van der Waals surface area contributed by atoms with Gasteiger partial charge in [0.05, 0.1) is 6.10 Å². The lowest BCUT2D eigenvalue weighted by Gasteiger charge is -2.07. The van der Waals surface area contributed by atoms with E-state index in [2.05, 4.69) is 6.58 Å². The van der Waals surface area contributed by atoms with Gasteiger partial charge in [-0.3, -0.25) is 0 Å². The van der Waals surface area contributed by atoms with Crippen molar-refractivity contribution >= 4 is 0 Å². The molecule has 2 heteroatoms. The van der Waals surface area contributed by atoms with Crippen LogP contribution in [0.1, 0.15) is 23.7 Å². The first kappa shape index (κ1) is 9.28. The van der Waals surface area contributed by atoms with Gasteiger partial charge in [-0.1, -0.05) is 18.7 Å². The standard InChI is InChI=1S/C12H14O2/c1-2-7-14-10-4-5-11-9(8-10)3-6-12(11)13/h2,4-5,8,12-13H,1,3,6-7H2/t12-/m0/s1. The molecule has 0 unspecified atom stereocenters. The van der Waals surface area contributed by atoms with Crippen LogP contribution in [0.5, 0.6) is 5.75 Å². The van der Waals surface area contributed by atoms with Crippen molar-refractivity contribution in [1.29, 1.82) is 0 Å². The van der Waals surface area contributed by atoms with Crippen LogP contribution < -0.4 is 4.74 Å². The lowest BCUT2D eigenvalue weighted by atomic mass is 10.1. The van der Waals surface area contributed by atoms with Gasteiger partial charge in [0.25, 0.3) is 0 Å². The molecule has 1 aromatic carbocycles. The molecular formula is C12H14O2. The fraction of sp³-hybridized carbons (Fsp3) is 0.333. The molecule has 0 saturated heterocycles. The second kappa shape index (κ2) is 3.84. The normalized spacial score (nSPS) is 19.1. The van der Waals surface area contributed by atoms with Crippen molar-refractivity contribution in [1.82, 2.24) is 0 Å². The van der Waals surface area contributed by atoms with Crippen LogP contribution in [0, 0.1) is 0 Å². The minimum Gasteiger partial charge on any atom is -0.490 e. The van der Waals surface area contributed by atoms with Gasteiger partial charge >= 0.3 is 0 Å². The lowest BCUT2D eigenvalue weighted by molar-refractivity contribution is 0.180. The quantitative estimate of drug-likeness (QED) is 0.740. The van der Waals surface area contributed by atoms with E-state index in [4.69, 9.17) is 4.74 Å². The maximum Gasteiger partial charge on any atom is 0.120 e. The SMILES string of the molecule is C=CCOc1ccc2c(c1)CC[C@@H]2O. The average molecular weight is 190 g/mol. The van der Waals surface area contributed by atoms with Gasteiger partial charge in [-0.15, -0.1) is 0 Å². The highest BCUT2D eigenvalue weighted by molar-refractivity contribution is 5.39. The fourth-order valence-electron chi connectivity index (χ4n) is 1.82. The Labute approximate surface area is 83.8 Å². The van der Waals surface area contributed by atoms with E-state index in [-0.39, 0.29) is 6.10 Å². The van der Waals surface area contributed by atoms with E-state index in [1.165, 1.54) is 5.56 Å². The average Bonchev–Trinajstić information content (AvgIpc) is 2.57. The maximum absolute atomic E-state index is 9.59. The first-order valence-electron chi connectivity index (χ1n) is 4.86. The van der Waals surface area contributed by atoms with Crippen molar-refractivity contribution < 1.29 is 9.84 Å². The van der Waals surface area contributed by atoms with Crippen molar-refractivity contribution in [3.63, 3.8) is 0 Å². The van der Waals surface area contributed by atoms with Crippen LogP contribution in [0.25, 0.3) is 0 Å². The zero-order chi connectivity index (χ0) is 9.97. The molecule has 0 aliphatic heterocycles. The summed E-state index contributed by atoms with van der Waals surface area (Å²) in [6.45, 7) is 4.12. The van der Waals surface area contributed by atoms with Crippen molar-refractivity contribution in [2.24, 2.45) is 0 Å². The number of ether oxygens (including phenoxy) is 1. The van der Waals surface area contributed by atoms with E-state index in [1.807, 2.05) is 18.2 Å². The molecular weight excluding hydrogens is 176 g/mol. The molecule has 0 heterocycles. The van der Waals surface area contributed by atoms with E-state index in [9.17, 15) is 5.11 Å². The van der Waals surface area contributed by atoms with E-state index in [0.29, 0.717) is 6.61 Å². The Kier molecular flexibility index (Phi) is 2.55. The monoisotopic (exact) mass is 190 g/mol. The van der Waals surface area contributed by atoms with Gasteiger partial charge in [-0.05, 0) is 36.1 Å². The molecule has 1 atom stereocenters. The molecule has 1 aliphatic carbocycles. The molecule has 0 aromatic heterocycles. The summed E-state index contributed by atoms with van der Waals surface area (Å²) in [5, 5.41) is 9.59. The molecule has 1 aromatic rings. The Balaban J connectivity index is 2.19. The summed E-state index contributed by atoms with van der Waals surface area (Å²) in [5.74, 6) is 0.859. The van der Waals surface area contributed by atoms with E-state index in [1.54, 1.807) is 6.08 Å². The van der Waals surface area contributed by atoms with E-state index in [0.717, 1.165) is 24.2 Å². The van der Waals surface area contributed by atoms with Crippen LogP contribution in [0.2, 0.25) is 0 Å². The lowest BCUT2D eigenvalue weighted by Crippen LogP contribution is -1.95. The number of rotatable bonds is 3. The molecule has 1 aliphatic rings. The number of aryl methyl sites for hydroxylation is 1. The molecule has 0 spiro atoms. The second-order valence-corrected chi connectivity index (χ2v) is 3.51. The second-order valence-electron chi connectivity index (χ2n) is 3.51. The topological polar surface area (TPSA) is 29.5 Å². The van der Waals surface area contributed by atoms with Crippen LogP contribution in [0.3, 0.4) is 0 Å². The summed E-state index contributed by atoms with van der Waals surface area (Å²) in [6, 6.07) is 5.86. The summed E-state index contributed by atoms with van der Waals surface area (Å²) < 4.78 is 5.42. The Morgan fingerprint density at radius 1 is 1.57 bits per heavy atom. The third kappa shape index (κ3) is 1.66. The van der Waals surface area contributed by atoms with Crippen molar-refractivity contribution in [3.05, 3.63) is 42.0 Å². The number of aliphatic hydroxyl groups excluding tert-OH is 1. The zero-order valence-electron chi connectivity index (χ0n) is 8.07. The van der Waals surface area contributed by atoms with Crippen LogP contribution in [0.4, 0.5) is 0 Å². The summed E-state index contributed by atoms with van der Waals surface area (Å²) in [4.78, 5) is 0. The summed E-state index contributed by atoms with van der Waals surface area (Å²) in [5.41, 5.74) is 2.26. The molecule has 0 bridgehead atoms. The minimum absolute atomic E-state index is 0.279. The van der Waals surface area contributed by atoms with Crippen molar-refractivity contribution in [3.8, 4) is 5.75 Å². The van der Waals surface area contributed by atoms with Gasteiger partial charge in [-0.25, -0.2) is 0 Å². The Bertz CT molecular complexity index is 344. The van der Waals surface area contributed by atoms with Crippen LogP contribution in [-0.4, -0.2) is 11.7 Å². The van der Waals surface area contributed by atoms with E-state index < -0.39 is 0 Å². The van der Waals surface area contributed by atoms with Gasteiger partial charge in [0.15, 0.2) is 0 Å². The number of benzene rings is 1. The zero-order valence-corrected chi connectivity index (χ0v) is 8.07. The molecule has 74 valence electrons. The highest BCUT2D eigenvalue weighted by Gasteiger charge is 2.19. The molecule has 1 N–H and O–H groups in total. The van der Waals surface area contributed by atoms with Crippen molar-refractivity contribution in [2.75, 3.05) is 6.61 Å². The minimum atomic E-state index is -0.279. The van der Waals surface area contributed by atoms with Gasteiger partial charge in [0, 0.05) is 0 Å². The van der Waals surface area contributed by atoms with Crippen LogP contribution in [0.15, 0.2) is 30.9 Å². The molecule has 0 saturated carbocycles. The van der Waals surface area contributed by atoms with Crippen LogP contribution in [-0.2, 0) is 6.42 Å². The molecule has 2 nitrogen and oxygen atoms in total. The smallest absolute Gasteiger partial charge is 0.120 e. The Morgan fingerprint density at radius 3 is 3.21 bits per heavy atom. The van der Waals surface area contributed by atoms with Crippen LogP contribution >= 0.6 is 0 Å². The molecule has 0 amide bonds. The fourth-order valence-corrected chi connectivity index (χ4v) is 1.82.